The van der Waals surface area contributed by atoms with E-state index in [0.717, 1.165) is 43.7 Å². The van der Waals surface area contributed by atoms with Gasteiger partial charge in [0.2, 0.25) is 11.0 Å². The van der Waals surface area contributed by atoms with Crippen molar-refractivity contribution in [3.8, 4) is 10.9 Å². The molecule has 8 heteroatoms. The molecule has 142 valence electrons. The van der Waals surface area contributed by atoms with Crippen molar-refractivity contribution in [1.82, 2.24) is 14.8 Å². The summed E-state index contributed by atoms with van der Waals surface area (Å²) in [6, 6.07) is 7.96. The van der Waals surface area contributed by atoms with Crippen molar-refractivity contribution in [2.45, 2.75) is 26.2 Å². The Morgan fingerprint density at radius 3 is 3.04 bits per heavy atom. The van der Waals surface area contributed by atoms with Crippen molar-refractivity contribution >= 4 is 44.6 Å². The van der Waals surface area contributed by atoms with E-state index in [1.54, 1.807) is 16.0 Å². The zero-order chi connectivity index (χ0) is 19.3. The fourth-order valence-electron chi connectivity index (χ4n) is 3.68. The zero-order valence-electron chi connectivity index (χ0n) is 15.4. The van der Waals surface area contributed by atoms with Crippen molar-refractivity contribution in [2.75, 3.05) is 11.9 Å². The summed E-state index contributed by atoms with van der Waals surface area (Å²) in [5.41, 5.74) is 4.05. The number of ether oxygens (including phenoxy) is 1. The Bertz CT molecular complexity index is 1180. The van der Waals surface area contributed by atoms with Crippen LogP contribution in [0, 0.1) is 6.92 Å². The van der Waals surface area contributed by atoms with Crippen molar-refractivity contribution in [3.63, 3.8) is 0 Å². The molecule has 28 heavy (non-hydrogen) atoms. The lowest BCUT2D eigenvalue weighted by Gasteiger charge is -2.23. The largest absolute Gasteiger partial charge is 0.494 e. The molecular weight excluding hydrogens is 392 g/mol. The number of thiophene rings is 1. The summed E-state index contributed by atoms with van der Waals surface area (Å²) in [7, 11) is 0. The molecule has 0 spiro atoms. The molecule has 0 saturated carbocycles. The molecule has 0 saturated heterocycles. The number of aryl methyl sites for hydroxylation is 1. The van der Waals surface area contributed by atoms with Gasteiger partial charge >= 0.3 is 0 Å². The second-order valence-corrected chi connectivity index (χ2v) is 8.47. The van der Waals surface area contributed by atoms with E-state index in [1.165, 1.54) is 11.3 Å². The van der Waals surface area contributed by atoms with Crippen LogP contribution in [0.1, 0.15) is 36.1 Å². The number of nitrogens with one attached hydrogen (secondary N) is 1. The van der Waals surface area contributed by atoms with E-state index in [-0.39, 0.29) is 11.8 Å². The summed E-state index contributed by atoms with van der Waals surface area (Å²) in [5, 5.41) is 12.6. The molecule has 5 rings (SSSR count). The number of aromatic nitrogens is 3. The third-order valence-electron chi connectivity index (χ3n) is 4.89. The number of nitrogens with zero attached hydrogens (tertiary/aromatic N) is 3. The predicted molar refractivity (Wildman–Crippen MR) is 112 cm³/mol. The molecule has 1 atom stereocenters. The van der Waals surface area contributed by atoms with Gasteiger partial charge < -0.3 is 10.1 Å². The number of hydrogen-bond donors (Lipinski definition) is 1. The van der Waals surface area contributed by atoms with Gasteiger partial charge in [-0.3, -0.25) is 4.79 Å². The van der Waals surface area contributed by atoms with Gasteiger partial charge in [-0.1, -0.05) is 11.3 Å². The van der Waals surface area contributed by atoms with Gasteiger partial charge in [0.1, 0.15) is 11.6 Å². The van der Waals surface area contributed by atoms with Crippen LogP contribution in [0.4, 0.5) is 5.82 Å². The number of carbonyl (C=O) groups is 1. The van der Waals surface area contributed by atoms with Crippen LogP contribution in [-0.2, 0) is 4.79 Å². The van der Waals surface area contributed by atoms with Gasteiger partial charge in [-0.05, 0) is 54.4 Å². The number of amides is 1. The molecule has 1 amide bonds. The number of fused-ring (bicyclic) bond motifs is 2. The average molecular weight is 411 g/mol. The van der Waals surface area contributed by atoms with Crippen LogP contribution < -0.4 is 10.1 Å². The van der Waals surface area contributed by atoms with Gasteiger partial charge in [0.15, 0.2) is 0 Å². The summed E-state index contributed by atoms with van der Waals surface area (Å²) in [6.07, 6.45) is 0.438. The molecule has 0 fully saturated rings. The molecule has 4 aromatic rings. The van der Waals surface area contributed by atoms with E-state index in [4.69, 9.17) is 14.8 Å². The highest BCUT2D eigenvalue weighted by Crippen LogP contribution is 2.41. The van der Waals surface area contributed by atoms with E-state index >= 15 is 0 Å². The highest BCUT2D eigenvalue weighted by Gasteiger charge is 2.33. The molecule has 1 unspecified atom stereocenters. The van der Waals surface area contributed by atoms with E-state index in [1.807, 2.05) is 37.4 Å². The van der Waals surface area contributed by atoms with E-state index in [2.05, 4.69) is 16.8 Å². The zero-order valence-corrected chi connectivity index (χ0v) is 17.1. The quantitative estimate of drug-likeness (QED) is 0.528. The minimum absolute atomic E-state index is 0.00425. The van der Waals surface area contributed by atoms with E-state index in [9.17, 15) is 4.79 Å². The number of anilines is 1. The van der Waals surface area contributed by atoms with Crippen molar-refractivity contribution in [1.29, 1.82) is 0 Å². The topological polar surface area (TPSA) is 69.0 Å². The van der Waals surface area contributed by atoms with Crippen LogP contribution >= 0.6 is 22.7 Å². The standard InChI is InChI=1S/C20H18N4O2S2/c1-3-26-13-4-5-15-16(8-13)28-20(21-15)24-19-18(11(2)23-24)14(9-17(25)22-19)12-6-7-27-10-12/h4-8,10,14H,3,9H2,1-2H3,(H,22,25). The second kappa shape index (κ2) is 6.72. The molecule has 0 aliphatic carbocycles. The van der Waals surface area contributed by atoms with Crippen molar-refractivity contribution in [2.24, 2.45) is 0 Å². The van der Waals surface area contributed by atoms with Gasteiger partial charge in [-0.25, -0.2) is 4.98 Å². The molecule has 0 radical (unpaired) electrons. The van der Waals surface area contributed by atoms with Crippen LogP contribution in [0.2, 0.25) is 0 Å². The third kappa shape index (κ3) is 2.80. The van der Waals surface area contributed by atoms with Crippen LogP contribution in [-0.4, -0.2) is 27.3 Å². The van der Waals surface area contributed by atoms with Gasteiger partial charge in [-0.15, -0.1) is 0 Å². The maximum atomic E-state index is 12.4. The lowest BCUT2D eigenvalue weighted by Crippen LogP contribution is -2.24. The smallest absolute Gasteiger partial charge is 0.226 e. The second-order valence-electron chi connectivity index (χ2n) is 6.68. The molecule has 6 nitrogen and oxygen atoms in total. The molecule has 1 aliphatic rings. The van der Waals surface area contributed by atoms with Crippen LogP contribution in [0.5, 0.6) is 5.75 Å². The summed E-state index contributed by atoms with van der Waals surface area (Å²) in [5.74, 6) is 1.59. The number of carbonyl (C=O) groups excluding carboxylic acids is 1. The average Bonchev–Trinajstić information content (AvgIpc) is 3.40. The third-order valence-corrected chi connectivity index (χ3v) is 6.58. The first-order valence-corrected chi connectivity index (χ1v) is 10.8. The lowest BCUT2D eigenvalue weighted by molar-refractivity contribution is -0.116. The summed E-state index contributed by atoms with van der Waals surface area (Å²) in [6.45, 7) is 4.58. The highest BCUT2D eigenvalue weighted by molar-refractivity contribution is 7.20. The molecule has 1 aromatic carbocycles. The van der Waals surface area contributed by atoms with Crippen molar-refractivity contribution in [3.05, 3.63) is 51.8 Å². The minimum Gasteiger partial charge on any atom is -0.494 e. The van der Waals surface area contributed by atoms with Crippen molar-refractivity contribution < 1.29 is 9.53 Å². The van der Waals surface area contributed by atoms with E-state index < -0.39 is 0 Å². The van der Waals surface area contributed by atoms with Crippen LogP contribution in [0.15, 0.2) is 35.0 Å². The van der Waals surface area contributed by atoms with Gasteiger partial charge in [0.25, 0.3) is 0 Å². The summed E-state index contributed by atoms with van der Waals surface area (Å²) >= 11 is 3.18. The molecule has 1 N–H and O–H groups in total. The monoisotopic (exact) mass is 410 g/mol. The maximum absolute atomic E-state index is 12.4. The SMILES string of the molecule is CCOc1ccc2nc(-n3nc(C)c4c3NC(=O)CC4c3ccsc3)sc2c1. The predicted octanol–water partition coefficient (Wildman–Crippen LogP) is 4.72. The first-order chi connectivity index (χ1) is 13.6. The lowest BCUT2D eigenvalue weighted by atomic mass is 9.87. The fourth-order valence-corrected chi connectivity index (χ4v) is 5.35. The number of thiazole rings is 1. The Hall–Kier alpha value is -2.71. The van der Waals surface area contributed by atoms with Gasteiger partial charge in [0, 0.05) is 17.9 Å². The molecule has 0 bridgehead atoms. The number of rotatable bonds is 4. The van der Waals surface area contributed by atoms with E-state index in [0.29, 0.717) is 13.0 Å². The first kappa shape index (κ1) is 17.4. The molecular formula is C20H18N4O2S2. The Morgan fingerprint density at radius 2 is 2.25 bits per heavy atom. The van der Waals surface area contributed by atoms with Gasteiger partial charge in [-0.2, -0.15) is 21.1 Å². The summed E-state index contributed by atoms with van der Waals surface area (Å²) < 4.78 is 8.39. The minimum atomic E-state index is 0.00425. The Kier molecular flexibility index (Phi) is 4.17. The first-order valence-electron chi connectivity index (χ1n) is 9.09. The molecule has 3 aromatic heterocycles. The number of hydrogen-bond acceptors (Lipinski definition) is 6. The molecule has 1 aliphatic heterocycles. The molecule has 4 heterocycles. The summed E-state index contributed by atoms with van der Waals surface area (Å²) in [4.78, 5) is 17.2. The number of benzene rings is 1. The maximum Gasteiger partial charge on any atom is 0.226 e. The Morgan fingerprint density at radius 1 is 1.36 bits per heavy atom. The Labute approximate surface area is 169 Å². The van der Waals surface area contributed by atoms with Gasteiger partial charge in [0.05, 0.1) is 22.5 Å². The Balaban J connectivity index is 1.63. The normalized spacial score (nSPS) is 16.2. The highest BCUT2D eigenvalue weighted by atomic mass is 32.1. The fraction of sp³-hybridized carbons (Fsp3) is 0.250. The van der Waals surface area contributed by atoms with Crippen LogP contribution in [0.3, 0.4) is 0 Å². The van der Waals surface area contributed by atoms with Crippen LogP contribution in [0.25, 0.3) is 15.3 Å².